The summed E-state index contributed by atoms with van der Waals surface area (Å²) in [6, 6.07) is 7.53. The Morgan fingerprint density at radius 3 is 2.44 bits per heavy atom. The van der Waals surface area contributed by atoms with Gasteiger partial charge in [-0.1, -0.05) is 23.7 Å². The van der Waals surface area contributed by atoms with Crippen molar-refractivity contribution in [1.29, 1.82) is 0 Å². The maximum atomic E-state index is 13.6. The number of hydrogen-bond acceptors (Lipinski definition) is 5. The van der Waals surface area contributed by atoms with Crippen LogP contribution in [0.1, 0.15) is 44.9 Å². The number of ether oxygens (including phenoxy) is 1. The maximum absolute atomic E-state index is 13.6. The Morgan fingerprint density at radius 2 is 1.78 bits per heavy atom. The summed E-state index contributed by atoms with van der Waals surface area (Å²) in [6.45, 7) is 2.06. The third-order valence-electron chi connectivity index (χ3n) is 7.77. The molecule has 3 aliphatic rings. The number of carbonyl (C=O) groups is 1. The minimum absolute atomic E-state index is 0.211. The van der Waals surface area contributed by atoms with Crippen molar-refractivity contribution in [2.75, 3.05) is 24.5 Å². The van der Waals surface area contributed by atoms with E-state index in [0.717, 1.165) is 58.0 Å². The highest BCUT2D eigenvalue weighted by Gasteiger charge is 2.51. The minimum atomic E-state index is -4.74. The molecule has 3 heterocycles. The molecule has 1 amide bonds. The van der Waals surface area contributed by atoms with Gasteiger partial charge in [-0.05, 0) is 68.7 Å². The Morgan fingerprint density at radius 1 is 1.06 bits per heavy atom. The molecule has 3 fully saturated rings. The number of aromatic nitrogens is 1. The summed E-state index contributed by atoms with van der Waals surface area (Å²) < 4.78 is 41.2. The smallest absolute Gasteiger partial charge is 0.406 e. The van der Waals surface area contributed by atoms with Crippen molar-refractivity contribution < 1.29 is 27.8 Å². The van der Waals surface area contributed by atoms with E-state index in [1.165, 1.54) is 24.3 Å². The van der Waals surface area contributed by atoms with Gasteiger partial charge in [0.05, 0.1) is 16.5 Å². The standard InChI is InChI=1S/C26H29ClF3N3O3/c27-22-14-18(17-2-8-21(9-3-17)36-26(28,29)30)15-31-23(22)32-12-1-10-25(16-32)11-13-33(24(25)35)19-4-6-20(34)7-5-19/h2-3,8-9,14-15,19-20,34H,1,4-7,10-13,16H2. The first kappa shape index (κ1) is 25.1. The number of pyridine rings is 1. The summed E-state index contributed by atoms with van der Waals surface area (Å²) >= 11 is 6.63. The third kappa shape index (κ3) is 5.13. The number of rotatable bonds is 4. The molecule has 2 aromatic rings. The second-order valence-corrected chi connectivity index (χ2v) is 10.5. The molecule has 0 radical (unpaired) electrons. The van der Waals surface area contributed by atoms with Crippen LogP contribution in [0.15, 0.2) is 36.5 Å². The Kier molecular flexibility index (Phi) is 6.80. The van der Waals surface area contributed by atoms with Gasteiger partial charge in [0, 0.05) is 37.4 Å². The molecule has 1 atom stereocenters. The fraction of sp³-hybridized carbons (Fsp3) is 0.538. The second kappa shape index (κ2) is 9.74. The molecule has 1 N–H and O–H groups in total. The van der Waals surface area contributed by atoms with Crippen LogP contribution in [-0.2, 0) is 4.79 Å². The molecule has 1 aromatic carbocycles. The van der Waals surface area contributed by atoms with Gasteiger partial charge >= 0.3 is 6.36 Å². The van der Waals surface area contributed by atoms with E-state index in [1.54, 1.807) is 12.3 Å². The van der Waals surface area contributed by atoms with Gasteiger partial charge in [0.2, 0.25) is 5.91 Å². The van der Waals surface area contributed by atoms with Gasteiger partial charge in [-0.3, -0.25) is 4.79 Å². The first-order valence-electron chi connectivity index (χ1n) is 12.4. The quantitative estimate of drug-likeness (QED) is 0.579. The summed E-state index contributed by atoms with van der Waals surface area (Å²) in [6.07, 6.45) is 2.38. The second-order valence-electron chi connectivity index (χ2n) is 10.1. The molecule has 6 nitrogen and oxygen atoms in total. The summed E-state index contributed by atoms with van der Waals surface area (Å²) in [5.74, 6) is 0.534. The number of likely N-dealkylation sites (tertiary alicyclic amines) is 1. The highest BCUT2D eigenvalue weighted by molar-refractivity contribution is 6.33. The summed E-state index contributed by atoms with van der Waals surface area (Å²) in [5, 5.41) is 10.3. The lowest BCUT2D eigenvalue weighted by molar-refractivity contribution is -0.274. The molecule has 0 bridgehead atoms. The largest absolute Gasteiger partial charge is 0.573 e. The lowest BCUT2D eigenvalue weighted by atomic mass is 9.78. The number of piperidine rings is 1. The summed E-state index contributed by atoms with van der Waals surface area (Å²) in [4.78, 5) is 22.3. The van der Waals surface area contributed by atoms with Crippen LogP contribution in [0, 0.1) is 5.41 Å². The van der Waals surface area contributed by atoms with Crippen molar-refractivity contribution in [3.8, 4) is 16.9 Å². The summed E-state index contributed by atoms with van der Waals surface area (Å²) in [7, 11) is 0. The molecule has 1 unspecified atom stereocenters. The molecule has 1 aromatic heterocycles. The molecule has 5 rings (SSSR count). The van der Waals surface area contributed by atoms with Crippen LogP contribution >= 0.6 is 11.6 Å². The van der Waals surface area contributed by atoms with Crippen LogP contribution in [0.25, 0.3) is 11.1 Å². The molecule has 2 aliphatic heterocycles. The van der Waals surface area contributed by atoms with E-state index in [0.29, 0.717) is 28.5 Å². The van der Waals surface area contributed by atoms with Crippen LogP contribution in [0.2, 0.25) is 5.02 Å². The van der Waals surface area contributed by atoms with E-state index >= 15 is 0 Å². The number of nitrogens with zero attached hydrogens (tertiary/aromatic N) is 3. The number of amides is 1. The number of hydrogen-bond donors (Lipinski definition) is 1. The number of aliphatic hydroxyl groups excluding tert-OH is 1. The van der Waals surface area contributed by atoms with Gasteiger partial charge in [-0.2, -0.15) is 0 Å². The topological polar surface area (TPSA) is 65.9 Å². The highest BCUT2D eigenvalue weighted by atomic mass is 35.5. The zero-order valence-electron chi connectivity index (χ0n) is 19.8. The molecule has 1 spiro atoms. The van der Waals surface area contributed by atoms with E-state index in [9.17, 15) is 23.1 Å². The van der Waals surface area contributed by atoms with Crippen LogP contribution in [0.4, 0.5) is 19.0 Å². The summed E-state index contributed by atoms with van der Waals surface area (Å²) in [5.41, 5.74) is 0.906. The highest BCUT2D eigenvalue weighted by Crippen LogP contribution is 2.44. The fourth-order valence-electron chi connectivity index (χ4n) is 5.93. The van der Waals surface area contributed by atoms with Gasteiger partial charge in [-0.15, -0.1) is 13.2 Å². The average molecular weight is 524 g/mol. The normalized spacial score (nSPS) is 27.1. The maximum Gasteiger partial charge on any atom is 0.573 e. The number of aliphatic hydroxyl groups is 1. The molecule has 1 saturated carbocycles. The van der Waals surface area contributed by atoms with Crippen molar-refractivity contribution in [3.63, 3.8) is 0 Å². The Balaban J connectivity index is 1.29. The van der Waals surface area contributed by atoms with Crippen molar-refractivity contribution in [2.24, 2.45) is 5.41 Å². The predicted octanol–water partition coefficient (Wildman–Crippen LogP) is 5.42. The average Bonchev–Trinajstić information content (AvgIpc) is 3.14. The van der Waals surface area contributed by atoms with Crippen LogP contribution in [-0.4, -0.2) is 59.0 Å². The van der Waals surface area contributed by atoms with Gasteiger partial charge < -0.3 is 19.6 Å². The van der Waals surface area contributed by atoms with E-state index in [2.05, 4.69) is 14.6 Å². The zero-order chi connectivity index (χ0) is 25.5. The Bertz CT molecular complexity index is 1110. The van der Waals surface area contributed by atoms with Gasteiger partial charge in [-0.25, -0.2) is 4.98 Å². The Labute approximate surface area is 213 Å². The first-order valence-corrected chi connectivity index (χ1v) is 12.8. The van der Waals surface area contributed by atoms with Gasteiger partial charge in [0.1, 0.15) is 11.6 Å². The van der Waals surface area contributed by atoms with E-state index < -0.39 is 11.8 Å². The molecular formula is C26H29ClF3N3O3. The number of anilines is 1. The number of halogens is 4. The molecule has 1 aliphatic carbocycles. The van der Waals surface area contributed by atoms with Crippen LogP contribution in [0.5, 0.6) is 5.75 Å². The number of benzene rings is 1. The van der Waals surface area contributed by atoms with Crippen molar-refractivity contribution in [1.82, 2.24) is 9.88 Å². The lowest BCUT2D eigenvalue weighted by Gasteiger charge is -2.41. The molecule has 36 heavy (non-hydrogen) atoms. The van der Waals surface area contributed by atoms with Crippen molar-refractivity contribution in [3.05, 3.63) is 41.6 Å². The lowest BCUT2D eigenvalue weighted by Crippen LogP contribution is -2.50. The fourth-order valence-corrected chi connectivity index (χ4v) is 6.21. The molecule has 10 heteroatoms. The van der Waals surface area contributed by atoms with Crippen molar-refractivity contribution >= 4 is 23.3 Å². The predicted molar refractivity (Wildman–Crippen MR) is 130 cm³/mol. The van der Waals surface area contributed by atoms with Crippen molar-refractivity contribution in [2.45, 2.75) is 63.5 Å². The van der Waals surface area contributed by atoms with Crippen LogP contribution in [0.3, 0.4) is 0 Å². The van der Waals surface area contributed by atoms with E-state index in [1.807, 2.05) is 4.90 Å². The zero-order valence-corrected chi connectivity index (χ0v) is 20.6. The van der Waals surface area contributed by atoms with Gasteiger partial charge in [0.25, 0.3) is 0 Å². The SMILES string of the molecule is O=C1N(C2CCC(O)CC2)CCC12CCCN(c1ncc(-c3ccc(OC(F)(F)F)cc3)cc1Cl)C2. The monoisotopic (exact) mass is 523 g/mol. The van der Waals surface area contributed by atoms with Gasteiger partial charge in [0.15, 0.2) is 0 Å². The van der Waals surface area contributed by atoms with E-state index in [4.69, 9.17) is 11.6 Å². The van der Waals surface area contributed by atoms with E-state index in [-0.39, 0.29) is 23.8 Å². The Hall–Kier alpha value is -2.52. The molecule has 2 saturated heterocycles. The minimum Gasteiger partial charge on any atom is -0.406 e. The third-order valence-corrected chi connectivity index (χ3v) is 8.05. The molecular weight excluding hydrogens is 495 g/mol. The number of alkyl halides is 3. The van der Waals surface area contributed by atoms with Crippen LogP contribution < -0.4 is 9.64 Å². The molecule has 194 valence electrons. The first-order chi connectivity index (χ1) is 17.1. The number of carbonyl (C=O) groups excluding carboxylic acids is 1.